The number of rotatable bonds is 5. The quantitative estimate of drug-likeness (QED) is 0.768. The molecule has 1 amide bonds. The van der Waals surface area contributed by atoms with Gasteiger partial charge >= 0.3 is 0 Å². The number of carbonyl (C=O) groups excluding carboxylic acids is 1. The Bertz CT molecular complexity index is 624. The van der Waals surface area contributed by atoms with Crippen molar-refractivity contribution in [2.24, 2.45) is 0 Å². The van der Waals surface area contributed by atoms with E-state index < -0.39 is 11.4 Å². The van der Waals surface area contributed by atoms with Crippen molar-refractivity contribution in [2.45, 2.75) is 25.9 Å². The lowest BCUT2D eigenvalue weighted by Gasteiger charge is -2.29. The van der Waals surface area contributed by atoms with E-state index in [0.29, 0.717) is 12.2 Å². The van der Waals surface area contributed by atoms with Gasteiger partial charge in [-0.1, -0.05) is 30.3 Å². The van der Waals surface area contributed by atoms with Crippen LogP contribution in [0, 0.1) is 0 Å². The summed E-state index contributed by atoms with van der Waals surface area (Å²) in [5.41, 5.74) is 6.23. The second kappa shape index (κ2) is 5.97. The van der Waals surface area contributed by atoms with E-state index in [1.165, 1.54) is 0 Å². The number of nitrogens with one attached hydrogen (secondary N) is 1. The first-order valence-electron chi connectivity index (χ1n) is 6.82. The Morgan fingerprint density at radius 1 is 1.43 bits per heavy atom. The van der Waals surface area contributed by atoms with E-state index in [1.54, 1.807) is 17.8 Å². The Morgan fingerprint density at radius 3 is 2.62 bits per heavy atom. The fourth-order valence-electron chi connectivity index (χ4n) is 2.09. The molecule has 21 heavy (non-hydrogen) atoms. The van der Waals surface area contributed by atoms with Gasteiger partial charge in [0.1, 0.15) is 0 Å². The molecule has 6 nitrogen and oxygen atoms in total. The molecular weight excluding hydrogens is 268 g/mol. The van der Waals surface area contributed by atoms with Crippen molar-refractivity contribution in [3.8, 4) is 0 Å². The van der Waals surface area contributed by atoms with E-state index in [0.717, 1.165) is 5.56 Å². The molecule has 1 unspecified atom stereocenters. The van der Waals surface area contributed by atoms with Gasteiger partial charge in [-0.15, -0.1) is 0 Å². The Morgan fingerprint density at radius 2 is 2.10 bits per heavy atom. The van der Waals surface area contributed by atoms with Gasteiger partial charge in [-0.3, -0.25) is 9.48 Å². The summed E-state index contributed by atoms with van der Waals surface area (Å²) >= 11 is 0. The van der Waals surface area contributed by atoms with Crippen LogP contribution in [0.5, 0.6) is 0 Å². The summed E-state index contributed by atoms with van der Waals surface area (Å²) in [6, 6.07) is 9.30. The highest BCUT2D eigenvalue weighted by molar-refractivity contribution is 5.97. The van der Waals surface area contributed by atoms with E-state index in [2.05, 4.69) is 10.4 Å². The maximum Gasteiger partial charge on any atom is 0.274 e. The van der Waals surface area contributed by atoms with Gasteiger partial charge in [0, 0.05) is 12.7 Å². The minimum absolute atomic E-state index is 0.174. The van der Waals surface area contributed by atoms with Crippen LogP contribution in [-0.2, 0) is 12.1 Å². The van der Waals surface area contributed by atoms with Gasteiger partial charge in [-0.05, 0) is 19.4 Å². The maximum atomic E-state index is 12.4. The van der Waals surface area contributed by atoms with Gasteiger partial charge in [0.2, 0.25) is 0 Å². The lowest BCUT2D eigenvalue weighted by atomic mass is 9.92. The number of aryl methyl sites for hydroxylation is 1. The minimum atomic E-state index is -0.888. The number of aliphatic hydroxyl groups excluding tert-OH is 1. The summed E-state index contributed by atoms with van der Waals surface area (Å²) < 4.78 is 1.60. The summed E-state index contributed by atoms with van der Waals surface area (Å²) in [4.78, 5) is 12.4. The van der Waals surface area contributed by atoms with E-state index in [-0.39, 0.29) is 12.3 Å². The van der Waals surface area contributed by atoms with Gasteiger partial charge < -0.3 is 16.2 Å². The first-order valence-corrected chi connectivity index (χ1v) is 6.82. The number of anilines is 1. The zero-order chi connectivity index (χ0) is 15.5. The standard InChI is InChI=1S/C15H20N4O2/c1-3-19-9-12(16)13(18-19)14(21)17-15(2,10-20)11-7-5-4-6-8-11/h4-9,20H,3,10,16H2,1-2H3,(H,17,21). The summed E-state index contributed by atoms with van der Waals surface area (Å²) in [5, 5.41) is 16.6. The third kappa shape index (κ3) is 3.05. The number of hydrogen-bond donors (Lipinski definition) is 3. The topological polar surface area (TPSA) is 93.2 Å². The largest absolute Gasteiger partial charge is 0.396 e. The highest BCUT2D eigenvalue weighted by atomic mass is 16.3. The number of aliphatic hydroxyl groups is 1. The molecule has 2 aromatic rings. The average molecular weight is 288 g/mol. The number of amides is 1. The molecule has 1 atom stereocenters. The normalized spacial score (nSPS) is 13.7. The van der Waals surface area contributed by atoms with Crippen molar-refractivity contribution in [2.75, 3.05) is 12.3 Å². The van der Waals surface area contributed by atoms with Crippen LogP contribution in [0.1, 0.15) is 29.9 Å². The van der Waals surface area contributed by atoms with Crippen molar-refractivity contribution in [3.05, 3.63) is 47.8 Å². The molecule has 0 aliphatic carbocycles. The number of hydrogen-bond acceptors (Lipinski definition) is 4. The van der Waals surface area contributed by atoms with Gasteiger partial charge in [0.25, 0.3) is 5.91 Å². The fraction of sp³-hybridized carbons (Fsp3) is 0.333. The number of nitrogen functional groups attached to an aromatic ring is 1. The van der Waals surface area contributed by atoms with Crippen LogP contribution in [0.15, 0.2) is 36.5 Å². The molecule has 0 aliphatic heterocycles. The lowest BCUT2D eigenvalue weighted by Crippen LogP contribution is -2.46. The monoisotopic (exact) mass is 288 g/mol. The number of nitrogens with zero attached hydrogens (tertiary/aromatic N) is 2. The average Bonchev–Trinajstić information content (AvgIpc) is 2.89. The van der Waals surface area contributed by atoms with Crippen LogP contribution < -0.4 is 11.1 Å². The Kier molecular flexibility index (Phi) is 4.28. The molecule has 1 aromatic heterocycles. The summed E-state index contributed by atoms with van der Waals surface area (Å²) in [6.07, 6.45) is 1.62. The molecule has 1 aromatic carbocycles. The molecule has 0 saturated heterocycles. The molecular formula is C15H20N4O2. The van der Waals surface area contributed by atoms with Crippen LogP contribution in [-0.4, -0.2) is 27.4 Å². The highest BCUT2D eigenvalue weighted by Crippen LogP contribution is 2.21. The molecule has 112 valence electrons. The summed E-state index contributed by atoms with van der Waals surface area (Å²) in [5.74, 6) is -0.403. The molecule has 0 spiro atoms. The van der Waals surface area contributed by atoms with Crippen LogP contribution in [0.3, 0.4) is 0 Å². The van der Waals surface area contributed by atoms with E-state index in [1.807, 2.05) is 37.3 Å². The maximum absolute atomic E-state index is 12.4. The second-order valence-corrected chi connectivity index (χ2v) is 5.10. The highest BCUT2D eigenvalue weighted by Gasteiger charge is 2.29. The van der Waals surface area contributed by atoms with Crippen molar-refractivity contribution in [1.82, 2.24) is 15.1 Å². The van der Waals surface area contributed by atoms with Crippen LogP contribution in [0.4, 0.5) is 5.69 Å². The van der Waals surface area contributed by atoms with E-state index >= 15 is 0 Å². The fourth-order valence-corrected chi connectivity index (χ4v) is 2.09. The Labute approximate surface area is 123 Å². The van der Waals surface area contributed by atoms with Crippen molar-refractivity contribution < 1.29 is 9.90 Å². The summed E-state index contributed by atoms with van der Waals surface area (Å²) in [7, 11) is 0. The molecule has 1 heterocycles. The van der Waals surface area contributed by atoms with Gasteiger partial charge in [-0.2, -0.15) is 5.10 Å². The smallest absolute Gasteiger partial charge is 0.274 e. The first-order chi connectivity index (χ1) is 10.00. The number of aromatic nitrogens is 2. The zero-order valence-corrected chi connectivity index (χ0v) is 12.2. The SMILES string of the molecule is CCn1cc(N)c(C(=O)NC(C)(CO)c2ccccc2)n1. The third-order valence-electron chi connectivity index (χ3n) is 3.45. The predicted octanol–water partition coefficient (Wildman–Crippen LogP) is 1.12. The van der Waals surface area contributed by atoms with Gasteiger partial charge in [0.05, 0.1) is 17.8 Å². The zero-order valence-electron chi connectivity index (χ0n) is 12.2. The van der Waals surface area contributed by atoms with Gasteiger partial charge in [-0.25, -0.2) is 0 Å². The van der Waals surface area contributed by atoms with Crippen LogP contribution >= 0.6 is 0 Å². The van der Waals surface area contributed by atoms with Crippen molar-refractivity contribution >= 4 is 11.6 Å². The lowest BCUT2D eigenvalue weighted by molar-refractivity contribution is 0.0844. The Hall–Kier alpha value is -2.34. The molecule has 0 radical (unpaired) electrons. The first kappa shape index (κ1) is 15.1. The Balaban J connectivity index is 2.26. The number of nitrogens with two attached hydrogens (primary N) is 1. The molecule has 4 N–H and O–H groups in total. The minimum Gasteiger partial charge on any atom is -0.396 e. The van der Waals surface area contributed by atoms with E-state index in [9.17, 15) is 9.90 Å². The summed E-state index contributed by atoms with van der Waals surface area (Å²) in [6.45, 7) is 4.08. The molecule has 0 aliphatic rings. The number of benzene rings is 1. The van der Waals surface area contributed by atoms with Crippen molar-refractivity contribution in [1.29, 1.82) is 0 Å². The predicted molar refractivity (Wildman–Crippen MR) is 80.7 cm³/mol. The van der Waals surface area contributed by atoms with Crippen molar-refractivity contribution in [3.63, 3.8) is 0 Å². The van der Waals surface area contributed by atoms with Crippen LogP contribution in [0.25, 0.3) is 0 Å². The third-order valence-corrected chi connectivity index (χ3v) is 3.45. The molecule has 0 fully saturated rings. The van der Waals surface area contributed by atoms with Gasteiger partial charge in [0.15, 0.2) is 5.69 Å². The van der Waals surface area contributed by atoms with Crippen LogP contribution in [0.2, 0.25) is 0 Å². The molecule has 2 rings (SSSR count). The molecule has 6 heteroatoms. The number of carbonyl (C=O) groups is 1. The second-order valence-electron chi connectivity index (χ2n) is 5.10. The van der Waals surface area contributed by atoms with E-state index in [4.69, 9.17) is 5.73 Å². The molecule has 0 bridgehead atoms. The molecule has 0 saturated carbocycles.